The average molecular weight is 233 g/mol. The highest BCUT2D eigenvalue weighted by Crippen LogP contribution is 2.68. The maximum absolute atomic E-state index is 11.7. The van der Waals surface area contributed by atoms with Crippen molar-refractivity contribution in [3.05, 3.63) is 11.1 Å². The van der Waals surface area contributed by atoms with Crippen LogP contribution in [-0.2, 0) is 9.53 Å². The summed E-state index contributed by atoms with van der Waals surface area (Å²) >= 11 is 0. The van der Waals surface area contributed by atoms with Gasteiger partial charge in [0.15, 0.2) is 0 Å². The molecular weight excluding hydrogens is 214 g/mol. The smallest absolute Gasteiger partial charge is 0.348 e. The minimum absolute atomic E-state index is 0.0169. The molecule has 2 saturated carbocycles. The van der Waals surface area contributed by atoms with E-state index in [2.05, 4.69) is 20.8 Å². The van der Waals surface area contributed by atoms with Crippen LogP contribution >= 0.6 is 0 Å². The summed E-state index contributed by atoms with van der Waals surface area (Å²) in [5.74, 6) is 0.114. The molecule has 2 bridgehead atoms. The predicted molar refractivity (Wildman–Crippen MR) is 63.9 cm³/mol. The number of nitriles is 1. The molecule has 92 valence electrons. The second kappa shape index (κ2) is 3.60. The molecule has 0 spiro atoms. The number of fused-ring (bicyclic) bond motifs is 2. The molecule has 2 unspecified atom stereocenters. The molecule has 17 heavy (non-hydrogen) atoms. The molecule has 0 heterocycles. The van der Waals surface area contributed by atoms with Crippen LogP contribution in [-0.4, -0.2) is 13.1 Å². The topological polar surface area (TPSA) is 50.1 Å². The summed E-state index contributed by atoms with van der Waals surface area (Å²) in [5.41, 5.74) is 1.42. The third-order valence-corrected chi connectivity index (χ3v) is 5.36. The standard InChI is InChI=1S/C14H19NO2/c1-13(2)9-5-6-14(13,3)11(7-9)10(8-15)12(16)17-4/h9H,5-7H2,1-4H3. The van der Waals surface area contributed by atoms with Crippen LogP contribution < -0.4 is 0 Å². The number of allylic oxidation sites excluding steroid dienone is 1. The first-order valence-corrected chi connectivity index (χ1v) is 6.10. The normalized spacial score (nSPS) is 36.5. The minimum atomic E-state index is -0.480. The Hall–Kier alpha value is -1.30. The fourth-order valence-electron chi connectivity index (χ4n) is 3.68. The van der Waals surface area contributed by atoms with Gasteiger partial charge in [0.25, 0.3) is 0 Å². The van der Waals surface area contributed by atoms with Gasteiger partial charge in [-0.05, 0) is 41.6 Å². The highest BCUT2D eigenvalue weighted by atomic mass is 16.5. The molecule has 3 heteroatoms. The molecule has 2 fully saturated rings. The molecule has 0 aromatic carbocycles. The van der Waals surface area contributed by atoms with Gasteiger partial charge >= 0.3 is 5.97 Å². The van der Waals surface area contributed by atoms with Gasteiger partial charge in [-0.2, -0.15) is 5.26 Å². The quantitative estimate of drug-likeness (QED) is 0.397. The zero-order chi connectivity index (χ0) is 12.8. The van der Waals surface area contributed by atoms with Crippen molar-refractivity contribution in [2.45, 2.75) is 40.0 Å². The van der Waals surface area contributed by atoms with Gasteiger partial charge in [0, 0.05) is 0 Å². The average Bonchev–Trinajstić information content (AvgIpc) is 2.62. The Morgan fingerprint density at radius 3 is 2.47 bits per heavy atom. The lowest BCUT2D eigenvalue weighted by Crippen LogP contribution is -2.29. The molecule has 2 rings (SSSR count). The molecule has 0 saturated heterocycles. The molecular formula is C14H19NO2. The van der Waals surface area contributed by atoms with Gasteiger partial charge in [0.05, 0.1) is 7.11 Å². The van der Waals surface area contributed by atoms with E-state index < -0.39 is 5.97 Å². The summed E-state index contributed by atoms with van der Waals surface area (Å²) in [6.45, 7) is 6.70. The van der Waals surface area contributed by atoms with E-state index in [1.165, 1.54) is 13.5 Å². The number of hydrogen-bond acceptors (Lipinski definition) is 3. The van der Waals surface area contributed by atoms with Crippen LogP contribution in [0, 0.1) is 28.1 Å². The van der Waals surface area contributed by atoms with Crippen molar-refractivity contribution < 1.29 is 9.53 Å². The predicted octanol–water partition coefficient (Wildman–Crippen LogP) is 2.83. The van der Waals surface area contributed by atoms with Crippen LogP contribution in [0.15, 0.2) is 11.1 Å². The maximum Gasteiger partial charge on any atom is 0.348 e. The summed E-state index contributed by atoms with van der Waals surface area (Å²) in [6, 6.07) is 2.05. The molecule has 0 aromatic rings. The zero-order valence-electron chi connectivity index (χ0n) is 11.0. The van der Waals surface area contributed by atoms with E-state index in [-0.39, 0.29) is 16.4 Å². The van der Waals surface area contributed by atoms with Crippen molar-refractivity contribution in [1.29, 1.82) is 5.26 Å². The Kier molecular flexibility index (Phi) is 2.57. The summed E-state index contributed by atoms with van der Waals surface area (Å²) < 4.78 is 4.72. The number of carbonyl (C=O) groups is 1. The first kappa shape index (κ1) is 12.2. The molecule has 2 atom stereocenters. The van der Waals surface area contributed by atoms with E-state index in [0.717, 1.165) is 18.4 Å². The molecule has 0 N–H and O–H groups in total. The molecule has 2 aliphatic rings. The van der Waals surface area contributed by atoms with Crippen molar-refractivity contribution >= 4 is 5.97 Å². The summed E-state index contributed by atoms with van der Waals surface area (Å²) in [5, 5.41) is 9.19. The van der Waals surface area contributed by atoms with Crippen molar-refractivity contribution in [3.8, 4) is 6.07 Å². The molecule has 0 radical (unpaired) electrons. The Labute approximate surface area is 102 Å². The number of rotatable bonds is 1. The summed E-state index contributed by atoms with van der Waals surface area (Å²) in [6.07, 6.45) is 3.15. The highest BCUT2D eigenvalue weighted by molar-refractivity contribution is 5.94. The molecule has 3 nitrogen and oxygen atoms in total. The molecule has 0 aromatic heterocycles. The number of methoxy groups -OCH3 is 1. The van der Waals surface area contributed by atoms with E-state index in [9.17, 15) is 10.1 Å². The van der Waals surface area contributed by atoms with Gasteiger partial charge in [0.2, 0.25) is 0 Å². The van der Waals surface area contributed by atoms with E-state index in [4.69, 9.17) is 4.74 Å². The Morgan fingerprint density at radius 1 is 1.47 bits per heavy atom. The lowest BCUT2D eigenvalue weighted by atomic mass is 9.68. The lowest BCUT2D eigenvalue weighted by Gasteiger charge is -2.35. The molecule has 0 amide bonds. The highest BCUT2D eigenvalue weighted by Gasteiger charge is 2.60. The number of esters is 1. The molecule has 2 aliphatic carbocycles. The monoisotopic (exact) mass is 233 g/mol. The minimum Gasteiger partial charge on any atom is -0.465 e. The van der Waals surface area contributed by atoms with Gasteiger partial charge in [-0.15, -0.1) is 0 Å². The van der Waals surface area contributed by atoms with Crippen LogP contribution in [0.5, 0.6) is 0 Å². The van der Waals surface area contributed by atoms with Crippen molar-refractivity contribution in [3.63, 3.8) is 0 Å². The third-order valence-electron chi connectivity index (χ3n) is 5.36. The van der Waals surface area contributed by atoms with Crippen LogP contribution in [0.4, 0.5) is 0 Å². The Balaban J connectivity index is 2.54. The van der Waals surface area contributed by atoms with Gasteiger partial charge in [-0.25, -0.2) is 4.79 Å². The largest absolute Gasteiger partial charge is 0.465 e. The zero-order valence-corrected chi connectivity index (χ0v) is 11.0. The van der Waals surface area contributed by atoms with Crippen LogP contribution in [0.25, 0.3) is 0 Å². The number of carbonyl (C=O) groups excluding carboxylic acids is 1. The maximum atomic E-state index is 11.7. The Morgan fingerprint density at radius 2 is 2.12 bits per heavy atom. The first-order chi connectivity index (χ1) is 7.88. The number of nitrogens with zero attached hydrogens (tertiary/aromatic N) is 1. The Bertz CT molecular complexity index is 442. The fraction of sp³-hybridized carbons (Fsp3) is 0.714. The van der Waals surface area contributed by atoms with E-state index in [0.29, 0.717) is 5.92 Å². The third kappa shape index (κ3) is 1.36. The van der Waals surface area contributed by atoms with Crippen molar-refractivity contribution in [2.75, 3.05) is 7.11 Å². The van der Waals surface area contributed by atoms with Gasteiger partial charge in [-0.1, -0.05) is 20.8 Å². The second-order valence-electron chi connectivity index (χ2n) is 5.95. The first-order valence-electron chi connectivity index (χ1n) is 6.10. The van der Waals surface area contributed by atoms with E-state index in [1.54, 1.807) is 0 Å². The van der Waals surface area contributed by atoms with Crippen molar-refractivity contribution in [1.82, 2.24) is 0 Å². The number of hydrogen-bond donors (Lipinski definition) is 0. The second-order valence-corrected chi connectivity index (χ2v) is 5.95. The fourth-order valence-corrected chi connectivity index (χ4v) is 3.68. The van der Waals surface area contributed by atoms with Gasteiger partial charge < -0.3 is 4.74 Å². The van der Waals surface area contributed by atoms with Crippen molar-refractivity contribution in [2.24, 2.45) is 16.7 Å². The van der Waals surface area contributed by atoms with Crippen LogP contribution in [0.3, 0.4) is 0 Å². The van der Waals surface area contributed by atoms with Gasteiger partial charge in [-0.3, -0.25) is 0 Å². The number of ether oxygens (including phenoxy) is 1. The SMILES string of the molecule is COC(=O)C(C#N)=C1CC2CCC1(C)C2(C)C. The van der Waals surface area contributed by atoms with Gasteiger partial charge in [0.1, 0.15) is 11.6 Å². The summed E-state index contributed by atoms with van der Waals surface area (Å²) in [4.78, 5) is 11.7. The van der Waals surface area contributed by atoms with E-state index >= 15 is 0 Å². The molecule has 0 aliphatic heterocycles. The lowest BCUT2D eigenvalue weighted by molar-refractivity contribution is -0.135. The summed E-state index contributed by atoms with van der Waals surface area (Å²) in [7, 11) is 1.33. The van der Waals surface area contributed by atoms with E-state index in [1.807, 2.05) is 6.07 Å². The van der Waals surface area contributed by atoms with Crippen LogP contribution in [0.1, 0.15) is 40.0 Å². The van der Waals surface area contributed by atoms with Crippen LogP contribution in [0.2, 0.25) is 0 Å².